The smallest absolute Gasteiger partial charge is 0.306 e. The van der Waals surface area contributed by atoms with E-state index >= 15 is 8.78 Å². The largest absolute Gasteiger partial charge is 0.460 e. The van der Waals surface area contributed by atoms with Crippen LogP contribution in [0.5, 0.6) is 0 Å². The molecule has 7 heteroatoms. The van der Waals surface area contributed by atoms with Gasteiger partial charge in [0.2, 0.25) is 0 Å². The molecule has 25 heavy (non-hydrogen) atoms. The molecule has 1 aliphatic carbocycles. The number of hydrogen-bond donors (Lipinski definition) is 0. The molecule has 2 rings (SSSR count). The van der Waals surface area contributed by atoms with E-state index in [4.69, 9.17) is 4.74 Å². The van der Waals surface area contributed by atoms with E-state index < -0.39 is 23.4 Å². The number of aryl methyl sites for hydroxylation is 1. The maximum Gasteiger partial charge on any atom is 0.306 e. The first-order valence-electron chi connectivity index (χ1n) is 9.23. The lowest BCUT2D eigenvalue weighted by molar-refractivity contribution is -0.164. The van der Waals surface area contributed by atoms with Crippen molar-refractivity contribution in [2.24, 2.45) is 5.92 Å². The zero-order valence-corrected chi connectivity index (χ0v) is 15.6. The van der Waals surface area contributed by atoms with E-state index in [1.807, 2.05) is 27.7 Å². The Morgan fingerprint density at radius 3 is 2.72 bits per heavy atom. The molecule has 0 bridgehead atoms. The van der Waals surface area contributed by atoms with E-state index in [1.165, 1.54) is 4.68 Å². The fraction of sp³-hybridized carbons (Fsp3) is 0.833. The molecule has 0 saturated heterocycles. The molecule has 0 aliphatic heterocycles. The highest BCUT2D eigenvalue weighted by molar-refractivity contribution is 5.70. The second-order valence-corrected chi connectivity index (χ2v) is 7.45. The second kappa shape index (κ2) is 7.79. The Kier molecular flexibility index (Phi) is 6.16. The van der Waals surface area contributed by atoms with Gasteiger partial charge in [-0.25, -0.2) is 4.68 Å². The highest BCUT2D eigenvalue weighted by Gasteiger charge is 2.47. The summed E-state index contributed by atoms with van der Waals surface area (Å²) < 4.78 is 37.1. The van der Waals surface area contributed by atoms with E-state index in [0.29, 0.717) is 31.5 Å². The summed E-state index contributed by atoms with van der Waals surface area (Å²) in [7, 11) is 0. The summed E-state index contributed by atoms with van der Waals surface area (Å²) in [6.45, 7) is 8.00. The van der Waals surface area contributed by atoms with Crippen LogP contribution in [0.1, 0.15) is 77.6 Å². The number of carbonyl (C=O) groups excluding carboxylic acids is 1. The van der Waals surface area contributed by atoms with Gasteiger partial charge in [-0.2, -0.15) is 8.78 Å². The number of nitrogens with zero attached hydrogens (tertiary/aromatic N) is 3. The molecule has 1 aliphatic rings. The monoisotopic (exact) mass is 357 g/mol. The van der Waals surface area contributed by atoms with Crippen molar-refractivity contribution in [1.82, 2.24) is 15.0 Å². The number of ether oxygens (including phenoxy) is 1. The SMILES string of the molecule is CCCC(C)(C)OC(=O)CC1CCCCc2c(nnn2CC)C1(F)F. The van der Waals surface area contributed by atoms with Crippen molar-refractivity contribution in [1.29, 1.82) is 0 Å². The summed E-state index contributed by atoms with van der Waals surface area (Å²) in [6.07, 6.45) is 3.56. The third kappa shape index (κ3) is 4.55. The minimum Gasteiger partial charge on any atom is -0.460 e. The number of alkyl halides is 2. The van der Waals surface area contributed by atoms with Crippen LogP contribution in [-0.4, -0.2) is 26.6 Å². The molecule has 0 radical (unpaired) electrons. The van der Waals surface area contributed by atoms with Crippen LogP contribution in [0.15, 0.2) is 0 Å². The molecule has 0 spiro atoms. The van der Waals surface area contributed by atoms with E-state index in [0.717, 1.165) is 12.8 Å². The van der Waals surface area contributed by atoms with E-state index in [9.17, 15) is 4.79 Å². The Hall–Kier alpha value is -1.53. The number of fused-ring (bicyclic) bond motifs is 1. The van der Waals surface area contributed by atoms with Crippen molar-refractivity contribution in [3.05, 3.63) is 11.4 Å². The third-order valence-electron chi connectivity index (χ3n) is 4.84. The third-order valence-corrected chi connectivity index (χ3v) is 4.84. The molecule has 1 unspecified atom stereocenters. The number of rotatable bonds is 6. The fourth-order valence-electron chi connectivity index (χ4n) is 3.59. The van der Waals surface area contributed by atoms with Crippen LogP contribution in [0, 0.1) is 5.92 Å². The number of halogens is 2. The highest BCUT2D eigenvalue weighted by atomic mass is 19.3. The Balaban J connectivity index is 2.19. The van der Waals surface area contributed by atoms with Crippen LogP contribution >= 0.6 is 0 Å². The molecule has 1 heterocycles. The van der Waals surface area contributed by atoms with Crippen molar-refractivity contribution < 1.29 is 18.3 Å². The highest BCUT2D eigenvalue weighted by Crippen LogP contribution is 2.43. The second-order valence-electron chi connectivity index (χ2n) is 7.45. The average molecular weight is 357 g/mol. The molecular formula is C18H29F2N3O2. The van der Waals surface area contributed by atoms with Crippen LogP contribution in [0.3, 0.4) is 0 Å². The molecule has 0 fully saturated rings. The average Bonchev–Trinajstić information content (AvgIpc) is 2.91. The molecule has 0 saturated carbocycles. The number of aromatic nitrogens is 3. The molecule has 1 aromatic heterocycles. The first kappa shape index (κ1) is 19.8. The topological polar surface area (TPSA) is 57.0 Å². The van der Waals surface area contributed by atoms with Gasteiger partial charge < -0.3 is 4.74 Å². The zero-order chi connectivity index (χ0) is 18.7. The molecule has 0 aromatic carbocycles. The van der Waals surface area contributed by atoms with Crippen LogP contribution in [-0.2, 0) is 28.4 Å². The maximum absolute atomic E-state index is 15.1. The molecule has 1 atom stereocenters. The van der Waals surface area contributed by atoms with Gasteiger partial charge in [0.05, 0.1) is 12.1 Å². The van der Waals surface area contributed by atoms with Crippen molar-refractivity contribution in [3.8, 4) is 0 Å². The number of esters is 1. The summed E-state index contributed by atoms with van der Waals surface area (Å²) in [5.41, 5.74) is -0.393. The fourth-order valence-corrected chi connectivity index (χ4v) is 3.59. The van der Waals surface area contributed by atoms with E-state index in [1.54, 1.807) is 0 Å². The van der Waals surface area contributed by atoms with Gasteiger partial charge in [-0.15, -0.1) is 5.10 Å². The molecule has 142 valence electrons. The zero-order valence-electron chi connectivity index (χ0n) is 15.6. The summed E-state index contributed by atoms with van der Waals surface area (Å²) in [5, 5.41) is 7.62. The molecular weight excluding hydrogens is 328 g/mol. The summed E-state index contributed by atoms with van der Waals surface area (Å²) in [4.78, 5) is 12.3. The Morgan fingerprint density at radius 1 is 1.36 bits per heavy atom. The van der Waals surface area contributed by atoms with E-state index in [2.05, 4.69) is 10.3 Å². The van der Waals surface area contributed by atoms with Gasteiger partial charge >= 0.3 is 5.97 Å². The van der Waals surface area contributed by atoms with Crippen LogP contribution in [0.25, 0.3) is 0 Å². The summed E-state index contributed by atoms with van der Waals surface area (Å²) in [6, 6.07) is 0. The van der Waals surface area contributed by atoms with Crippen LogP contribution in [0.2, 0.25) is 0 Å². The van der Waals surface area contributed by atoms with Gasteiger partial charge in [0.25, 0.3) is 5.92 Å². The first-order chi connectivity index (χ1) is 11.7. The van der Waals surface area contributed by atoms with Gasteiger partial charge in [-0.1, -0.05) is 25.0 Å². The van der Waals surface area contributed by atoms with E-state index in [-0.39, 0.29) is 18.5 Å². The lowest BCUT2D eigenvalue weighted by atomic mass is 9.85. The summed E-state index contributed by atoms with van der Waals surface area (Å²) in [5.74, 6) is -4.83. The van der Waals surface area contributed by atoms with Gasteiger partial charge in [-0.05, 0) is 46.5 Å². The lowest BCUT2D eigenvalue weighted by Gasteiger charge is -2.30. The van der Waals surface area contributed by atoms with Crippen molar-refractivity contribution in [2.45, 2.75) is 90.7 Å². The molecule has 5 nitrogen and oxygen atoms in total. The minimum absolute atomic E-state index is 0.264. The Labute approximate surface area is 148 Å². The molecule has 0 N–H and O–H groups in total. The predicted octanol–water partition coefficient (Wildman–Crippen LogP) is 4.24. The van der Waals surface area contributed by atoms with Crippen molar-refractivity contribution >= 4 is 5.97 Å². The van der Waals surface area contributed by atoms with Gasteiger partial charge in [0.1, 0.15) is 5.60 Å². The Bertz CT molecular complexity index is 599. The molecule has 1 aromatic rings. The standard InChI is InChI=1S/C18H29F2N3O2/c1-5-11-17(3,4)25-15(24)12-13-9-7-8-10-14-16(18(13,19)20)21-22-23(14)6-2/h13H,5-12H2,1-4H3. The lowest BCUT2D eigenvalue weighted by Crippen LogP contribution is -2.34. The number of hydrogen-bond acceptors (Lipinski definition) is 4. The van der Waals surface area contributed by atoms with Crippen molar-refractivity contribution in [3.63, 3.8) is 0 Å². The minimum atomic E-state index is -3.17. The van der Waals surface area contributed by atoms with Crippen LogP contribution < -0.4 is 0 Å². The quantitative estimate of drug-likeness (QED) is 0.715. The van der Waals surface area contributed by atoms with Crippen molar-refractivity contribution in [2.75, 3.05) is 0 Å². The number of carbonyl (C=O) groups is 1. The Morgan fingerprint density at radius 2 is 2.08 bits per heavy atom. The predicted molar refractivity (Wildman–Crippen MR) is 90.3 cm³/mol. The maximum atomic E-state index is 15.1. The summed E-state index contributed by atoms with van der Waals surface area (Å²) >= 11 is 0. The van der Waals surface area contributed by atoms with Crippen LogP contribution in [0.4, 0.5) is 8.78 Å². The molecule has 0 amide bonds. The van der Waals surface area contributed by atoms with Gasteiger partial charge in [0.15, 0.2) is 5.69 Å². The first-order valence-corrected chi connectivity index (χ1v) is 9.23. The van der Waals surface area contributed by atoms with Gasteiger partial charge in [-0.3, -0.25) is 4.79 Å². The van der Waals surface area contributed by atoms with Gasteiger partial charge in [0, 0.05) is 12.5 Å². The normalized spacial score (nSPS) is 20.5.